The van der Waals surface area contributed by atoms with E-state index in [2.05, 4.69) is 25.3 Å². The first-order valence-corrected chi connectivity index (χ1v) is 21.9. The maximum atomic E-state index is 14.5. The molecule has 2 aliphatic carbocycles. The fourth-order valence-electron chi connectivity index (χ4n) is 9.53. The molecule has 2 aromatic carbocycles. The molecular formula is C47H50N8O8. The van der Waals surface area contributed by atoms with Gasteiger partial charge in [0.15, 0.2) is 23.0 Å². The Balaban J connectivity index is 0.888. The van der Waals surface area contributed by atoms with Crippen LogP contribution in [0, 0.1) is 17.8 Å². The van der Waals surface area contributed by atoms with Gasteiger partial charge in [-0.3, -0.25) is 19.4 Å². The Morgan fingerprint density at radius 3 is 2.46 bits per heavy atom. The molecule has 10 rings (SSSR count). The van der Waals surface area contributed by atoms with Crippen molar-refractivity contribution in [2.45, 2.75) is 69.9 Å². The number of piperidine rings is 1. The summed E-state index contributed by atoms with van der Waals surface area (Å²) in [5.74, 6) is 2.72. The zero-order valence-electron chi connectivity index (χ0n) is 35.4. The van der Waals surface area contributed by atoms with E-state index in [-0.39, 0.29) is 48.5 Å². The Morgan fingerprint density at radius 2 is 1.68 bits per heavy atom. The number of nitrogens with one attached hydrogen (secondary N) is 2. The number of hydrogen-bond acceptors (Lipinski definition) is 12. The number of H-pyrrole nitrogens is 1. The highest BCUT2D eigenvalue weighted by Crippen LogP contribution is 2.48. The number of aromatic nitrogens is 4. The standard InChI is InChI=1S/C47H50N8O8/c1-59-35-10-9-29(22-38(35)60-2)40-31-5-3-4-6-32(31)46(57)55(53-40)30-15-19-54(20-16-30)47(58)34(21-27-13-17-48-18-14-27)52-45(56)33-23-49-43-41(33)50-25-51-42(43)39-36(61-24-28-7-8-28)11-12-37-44(39)63-26-62-37/h9-14,17-18,22-23,25,28,30-32,34,49H,3-8,15-16,19-21,24,26H2,1-2H3,(H,52,56)/t31-,32+,34+/m0/s1. The number of amides is 3. The van der Waals surface area contributed by atoms with Crippen molar-refractivity contribution >= 4 is 34.5 Å². The van der Waals surface area contributed by atoms with Crippen LogP contribution in [0.3, 0.4) is 0 Å². The third-order valence-corrected chi connectivity index (χ3v) is 13.1. The van der Waals surface area contributed by atoms with Crippen molar-refractivity contribution in [3.05, 3.63) is 84.1 Å². The van der Waals surface area contributed by atoms with Gasteiger partial charge in [-0.1, -0.05) is 12.8 Å². The number of benzene rings is 2. The second-order valence-electron chi connectivity index (χ2n) is 17.0. The molecule has 3 atom stereocenters. The maximum Gasteiger partial charge on any atom is 0.255 e. The summed E-state index contributed by atoms with van der Waals surface area (Å²) in [6.45, 7) is 1.44. The highest BCUT2D eigenvalue weighted by Gasteiger charge is 2.44. The van der Waals surface area contributed by atoms with Gasteiger partial charge in [-0.05, 0) is 92.5 Å². The van der Waals surface area contributed by atoms with Crippen LogP contribution in [0.2, 0.25) is 0 Å². The molecule has 63 heavy (non-hydrogen) atoms. The van der Waals surface area contributed by atoms with E-state index >= 15 is 0 Å². The van der Waals surface area contributed by atoms with Crippen LogP contribution in [-0.2, 0) is 16.0 Å². The van der Waals surface area contributed by atoms with Crippen LogP contribution in [-0.4, -0.2) is 106 Å². The van der Waals surface area contributed by atoms with E-state index in [0.29, 0.717) is 89.5 Å². The number of rotatable bonds is 13. The number of hydrogen-bond donors (Lipinski definition) is 2. The van der Waals surface area contributed by atoms with Crippen LogP contribution < -0.4 is 29.0 Å². The number of fused-ring (bicyclic) bond motifs is 3. The number of carbonyl (C=O) groups excluding carboxylic acids is 3. The Kier molecular flexibility index (Phi) is 11.0. The summed E-state index contributed by atoms with van der Waals surface area (Å²) >= 11 is 0. The Labute approximate surface area is 364 Å². The van der Waals surface area contributed by atoms with Gasteiger partial charge in [0.2, 0.25) is 18.6 Å². The Morgan fingerprint density at radius 1 is 0.905 bits per heavy atom. The van der Waals surface area contributed by atoms with Crippen molar-refractivity contribution in [3.8, 4) is 40.0 Å². The molecule has 0 unspecified atom stereocenters. The van der Waals surface area contributed by atoms with Crippen molar-refractivity contribution < 1.29 is 38.1 Å². The smallest absolute Gasteiger partial charge is 0.255 e. The van der Waals surface area contributed by atoms with Crippen LogP contribution in [0.25, 0.3) is 22.3 Å². The molecule has 5 aliphatic rings. The number of likely N-dealkylation sites (tertiary alicyclic amines) is 1. The lowest BCUT2D eigenvalue weighted by Gasteiger charge is -2.43. The first-order valence-electron chi connectivity index (χ1n) is 21.9. The number of hydrazone groups is 1. The second-order valence-corrected chi connectivity index (χ2v) is 17.0. The summed E-state index contributed by atoms with van der Waals surface area (Å²) in [7, 11) is 3.22. The van der Waals surface area contributed by atoms with Gasteiger partial charge < -0.3 is 38.9 Å². The van der Waals surface area contributed by atoms with Gasteiger partial charge in [0.05, 0.1) is 49.2 Å². The minimum atomic E-state index is -0.901. The number of methoxy groups -OCH3 is 2. The first kappa shape index (κ1) is 40.4. The summed E-state index contributed by atoms with van der Waals surface area (Å²) in [5, 5.41) is 9.86. The largest absolute Gasteiger partial charge is 0.493 e. The van der Waals surface area contributed by atoms with Crippen molar-refractivity contribution in [1.82, 2.24) is 35.2 Å². The van der Waals surface area contributed by atoms with Gasteiger partial charge in [-0.2, -0.15) is 5.10 Å². The van der Waals surface area contributed by atoms with Crippen molar-refractivity contribution in [3.63, 3.8) is 0 Å². The summed E-state index contributed by atoms with van der Waals surface area (Å²) in [5.41, 5.74) is 4.95. The predicted molar refractivity (Wildman–Crippen MR) is 231 cm³/mol. The van der Waals surface area contributed by atoms with Crippen molar-refractivity contribution in [2.75, 3.05) is 40.7 Å². The van der Waals surface area contributed by atoms with E-state index in [9.17, 15) is 14.4 Å². The van der Waals surface area contributed by atoms with Crippen LogP contribution in [0.15, 0.2) is 72.5 Å². The van der Waals surface area contributed by atoms with Crippen LogP contribution >= 0.6 is 0 Å². The van der Waals surface area contributed by atoms with E-state index in [4.69, 9.17) is 28.8 Å². The fraction of sp³-hybridized carbons (Fsp3) is 0.426. The molecule has 3 aromatic heterocycles. The molecule has 16 nitrogen and oxygen atoms in total. The summed E-state index contributed by atoms with van der Waals surface area (Å²) in [6.07, 6.45) is 13.7. The molecule has 5 aromatic rings. The fourth-order valence-corrected chi connectivity index (χ4v) is 9.53. The van der Waals surface area contributed by atoms with E-state index in [1.807, 2.05) is 42.5 Å². The number of aromatic amines is 1. The monoisotopic (exact) mass is 854 g/mol. The van der Waals surface area contributed by atoms with Gasteiger partial charge in [0.1, 0.15) is 29.3 Å². The summed E-state index contributed by atoms with van der Waals surface area (Å²) in [4.78, 5) is 61.3. The van der Waals surface area contributed by atoms with Crippen LogP contribution in [0.5, 0.6) is 28.7 Å². The molecule has 3 fully saturated rings. The topological polar surface area (TPSA) is 183 Å². The van der Waals surface area contributed by atoms with E-state index < -0.39 is 11.9 Å². The molecule has 3 amide bonds. The van der Waals surface area contributed by atoms with E-state index in [1.165, 1.54) is 6.33 Å². The minimum Gasteiger partial charge on any atom is -0.493 e. The number of pyridine rings is 1. The number of nitrogens with zero attached hydrogens (tertiary/aromatic N) is 6. The molecule has 0 radical (unpaired) electrons. The van der Waals surface area contributed by atoms with Crippen LogP contribution in [0.1, 0.15) is 72.9 Å². The lowest BCUT2D eigenvalue weighted by atomic mass is 9.73. The molecule has 16 heteroatoms. The van der Waals surface area contributed by atoms with Crippen molar-refractivity contribution in [1.29, 1.82) is 0 Å². The molecule has 0 spiro atoms. The zero-order valence-corrected chi connectivity index (χ0v) is 35.4. The van der Waals surface area contributed by atoms with Gasteiger partial charge >= 0.3 is 0 Å². The molecule has 0 bridgehead atoms. The average molecular weight is 855 g/mol. The molecule has 326 valence electrons. The van der Waals surface area contributed by atoms with E-state index in [0.717, 1.165) is 55.4 Å². The third kappa shape index (κ3) is 7.87. The third-order valence-electron chi connectivity index (χ3n) is 13.1. The quantitative estimate of drug-likeness (QED) is 0.143. The summed E-state index contributed by atoms with van der Waals surface area (Å²) < 4.78 is 29.0. The Hall–Kier alpha value is -6.71. The van der Waals surface area contributed by atoms with Gasteiger partial charge in [0.25, 0.3) is 5.91 Å². The lowest BCUT2D eigenvalue weighted by molar-refractivity contribution is -0.143. The normalized spacial score (nSPS) is 20.2. The van der Waals surface area contributed by atoms with Crippen molar-refractivity contribution in [2.24, 2.45) is 22.9 Å². The molecule has 3 aliphatic heterocycles. The molecule has 2 N–H and O–H groups in total. The van der Waals surface area contributed by atoms with Gasteiger partial charge in [-0.25, -0.2) is 15.0 Å². The predicted octanol–water partition coefficient (Wildman–Crippen LogP) is 5.94. The lowest BCUT2D eigenvalue weighted by Crippen LogP contribution is -2.55. The van der Waals surface area contributed by atoms with Gasteiger partial charge in [0, 0.05) is 55.5 Å². The molecular weight excluding hydrogens is 805 g/mol. The first-order chi connectivity index (χ1) is 30.9. The number of carbonyl (C=O) groups is 3. The van der Waals surface area contributed by atoms with E-state index in [1.54, 1.807) is 42.7 Å². The molecule has 1 saturated heterocycles. The maximum absolute atomic E-state index is 14.5. The zero-order chi connectivity index (χ0) is 43.0. The highest BCUT2D eigenvalue weighted by molar-refractivity contribution is 6.09. The SMILES string of the molecule is COc1ccc(C2=NN(C3CCN(C(=O)[C@@H](Cc4ccncc4)NC(=O)c4c[nH]c5c(-c6c(OCC7CC7)ccc7c6OCO7)ncnc45)CC3)C(=O)[C@@H]3CCCC[C@H]23)cc1OC. The highest BCUT2D eigenvalue weighted by atomic mass is 16.7. The molecule has 6 heterocycles. The second kappa shape index (κ2) is 17.2. The summed E-state index contributed by atoms with van der Waals surface area (Å²) in [6, 6.07) is 12.1. The minimum absolute atomic E-state index is 0.0288. The van der Waals surface area contributed by atoms with Crippen LogP contribution in [0.4, 0.5) is 0 Å². The number of ether oxygens (including phenoxy) is 5. The molecule has 2 saturated carbocycles. The Bertz CT molecular complexity index is 2570. The average Bonchev–Trinajstić information content (AvgIpc) is 3.85. The van der Waals surface area contributed by atoms with Gasteiger partial charge in [-0.15, -0.1) is 0 Å².